The Morgan fingerprint density at radius 2 is 1.52 bits per heavy atom. The molecule has 0 radical (unpaired) electrons. The first kappa shape index (κ1) is 18.2. The van der Waals surface area contributed by atoms with Gasteiger partial charge in [-0.1, -0.05) is 19.3 Å². The minimum Gasteiger partial charge on any atom is -0.466 e. The number of nitrogens with zero attached hydrogens (tertiary/aromatic N) is 1. The Morgan fingerprint density at radius 3 is 2.17 bits per heavy atom. The Kier molecular flexibility index (Phi) is 7.86. The highest BCUT2D eigenvalue weighted by Gasteiger charge is 2.26. The van der Waals surface area contributed by atoms with Crippen molar-refractivity contribution in [1.82, 2.24) is 4.90 Å². The Bertz CT molecular complexity index is 371. The number of hydrogen-bond donors (Lipinski definition) is 0. The van der Waals surface area contributed by atoms with E-state index in [-0.39, 0.29) is 23.8 Å². The van der Waals surface area contributed by atoms with Crippen molar-refractivity contribution in [3.8, 4) is 0 Å². The highest BCUT2D eigenvalue weighted by molar-refractivity contribution is 5.72. The van der Waals surface area contributed by atoms with Crippen molar-refractivity contribution in [2.45, 2.75) is 58.3 Å². The second-order valence-electron chi connectivity index (χ2n) is 6.72. The van der Waals surface area contributed by atoms with E-state index in [1.54, 1.807) is 0 Å². The average Bonchev–Trinajstić information content (AvgIpc) is 2.60. The lowest BCUT2D eigenvalue weighted by atomic mass is 9.89. The molecule has 0 unspecified atom stereocenters. The van der Waals surface area contributed by atoms with Gasteiger partial charge < -0.3 is 14.4 Å². The molecule has 5 nitrogen and oxygen atoms in total. The predicted molar refractivity (Wildman–Crippen MR) is 87.9 cm³/mol. The molecule has 1 aliphatic carbocycles. The summed E-state index contributed by atoms with van der Waals surface area (Å²) in [6, 6.07) is 0. The van der Waals surface area contributed by atoms with Crippen LogP contribution in [0.3, 0.4) is 0 Å². The Labute approximate surface area is 139 Å². The van der Waals surface area contributed by atoms with E-state index in [9.17, 15) is 9.59 Å². The standard InChI is InChI=1S/C18H31NO4/c1-2-22-17(20)16-9-12-19(13-10-16)11-6-14-23-18(21)15-7-4-3-5-8-15/h15-16H,2-14H2,1H3. The Balaban J connectivity index is 1.53. The van der Waals surface area contributed by atoms with E-state index >= 15 is 0 Å². The second-order valence-corrected chi connectivity index (χ2v) is 6.72. The van der Waals surface area contributed by atoms with Crippen LogP contribution in [-0.2, 0) is 19.1 Å². The van der Waals surface area contributed by atoms with Gasteiger partial charge in [0.1, 0.15) is 0 Å². The van der Waals surface area contributed by atoms with E-state index in [0.717, 1.165) is 64.6 Å². The van der Waals surface area contributed by atoms with Crippen LogP contribution in [0.15, 0.2) is 0 Å². The topological polar surface area (TPSA) is 55.8 Å². The first-order valence-corrected chi connectivity index (χ1v) is 9.26. The van der Waals surface area contributed by atoms with E-state index in [0.29, 0.717) is 13.2 Å². The lowest BCUT2D eigenvalue weighted by Gasteiger charge is -2.30. The summed E-state index contributed by atoms with van der Waals surface area (Å²) in [4.78, 5) is 26.0. The highest BCUT2D eigenvalue weighted by Crippen LogP contribution is 2.24. The van der Waals surface area contributed by atoms with Crippen molar-refractivity contribution in [3.63, 3.8) is 0 Å². The van der Waals surface area contributed by atoms with Gasteiger partial charge >= 0.3 is 11.9 Å². The zero-order valence-corrected chi connectivity index (χ0v) is 14.4. The first-order valence-electron chi connectivity index (χ1n) is 9.26. The summed E-state index contributed by atoms with van der Waals surface area (Å²) in [6.45, 7) is 5.63. The van der Waals surface area contributed by atoms with Gasteiger partial charge in [0.15, 0.2) is 0 Å². The molecule has 5 heteroatoms. The van der Waals surface area contributed by atoms with Gasteiger partial charge in [0.05, 0.1) is 25.0 Å². The van der Waals surface area contributed by atoms with Crippen molar-refractivity contribution in [2.24, 2.45) is 11.8 Å². The van der Waals surface area contributed by atoms with Gasteiger partial charge in [0, 0.05) is 6.54 Å². The summed E-state index contributed by atoms with van der Waals surface area (Å²) in [7, 11) is 0. The van der Waals surface area contributed by atoms with Crippen LogP contribution >= 0.6 is 0 Å². The molecular formula is C18H31NO4. The number of piperidine rings is 1. The summed E-state index contributed by atoms with van der Waals surface area (Å²) >= 11 is 0. The molecule has 1 aliphatic heterocycles. The third-order valence-electron chi connectivity index (χ3n) is 5.01. The first-order chi connectivity index (χ1) is 11.2. The summed E-state index contributed by atoms with van der Waals surface area (Å²) in [5.41, 5.74) is 0. The number of carbonyl (C=O) groups is 2. The molecule has 0 amide bonds. The number of likely N-dealkylation sites (tertiary alicyclic amines) is 1. The van der Waals surface area contributed by atoms with Gasteiger partial charge in [-0.15, -0.1) is 0 Å². The molecule has 0 aromatic rings. The molecule has 0 spiro atoms. The van der Waals surface area contributed by atoms with Crippen molar-refractivity contribution >= 4 is 11.9 Å². The SMILES string of the molecule is CCOC(=O)C1CCN(CCCOC(=O)C2CCCCC2)CC1. The summed E-state index contributed by atoms with van der Waals surface area (Å²) in [6.07, 6.45) is 8.21. The van der Waals surface area contributed by atoms with Gasteiger partial charge in [0.25, 0.3) is 0 Å². The lowest BCUT2D eigenvalue weighted by molar-refractivity contribution is -0.151. The number of esters is 2. The molecule has 1 saturated heterocycles. The zero-order valence-electron chi connectivity index (χ0n) is 14.4. The molecular weight excluding hydrogens is 294 g/mol. The summed E-state index contributed by atoms with van der Waals surface area (Å²) < 4.78 is 10.5. The van der Waals surface area contributed by atoms with Crippen molar-refractivity contribution in [2.75, 3.05) is 32.8 Å². The van der Waals surface area contributed by atoms with E-state index < -0.39 is 0 Å². The van der Waals surface area contributed by atoms with Crippen LogP contribution in [0.5, 0.6) is 0 Å². The van der Waals surface area contributed by atoms with E-state index in [4.69, 9.17) is 9.47 Å². The minimum absolute atomic E-state index is 0.00530. The van der Waals surface area contributed by atoms with Gasteiger partial charge in [-0.25, -0.2) is 0 Å². The second kappa shape index (κ2) is 9.91. The highest BCUT2D eigenvalue weighted by atomic mass is 16.5. The number of hydrogen-bond acceptors (Lipinski definition) is 5. The molecule has 0 bridgehead atoms. The molecule has 1 heterocycles. The van der Waals surface area contributed by atoms with Crippen LogP contribution in [-0.4, -0.2) is 49.7 Å². The summed E-state index contributed by atoms with van der Waals surface area (Å²) in [5, 5.41) is 0. The molecule has 0 aromatic carbocycles. The van der Waals surface area contributed by atoms with Crippen LogP contribution < -0.4 is 0 Å². The van der Waals surface area contributed by atoms with Gasteiger partial charge in [-0.3, -0.25) is 9.59 Å². The summed E-state index contributed by atoms with van der Waals surface area (Å²) in [5.74, 6) is 0.165. The molecule has 2 aliphatic rings. The minimum atomic E-state index is -0.0476. The Hall–Kier alpha value is -1.10. The van der Waals surface area contributed by atoms with Crippen LogP contribution in [0, 0.1) is 11.8 Å². The van der Waals surface area contributed by atoms with Crippen molar-refractivity contribution in [3.05, 3.63) is 0 Å². The fourth-order valence-electron chi connectivity index (χ4n) is 3.57. The van der Waals surface area contributed by atoms with Crippen LogP contribution in [0.4, 0.5) is 0 Å². The van der Waals surface area contributed by atoms with Crippen LogP contribution in [0.1, 0.15) is 58.3 Å². The monoisotopic (exact) mass is 325 g/mol. The van der Waals surface area contributed by atoms with E-state index in [1.807, 2.05) is 6.92 Å². The molecule has 0 atom stereocenters. The van der Waals surface area contributed by atoms with Crippen LogP contribution in [0.2, 0.25) is 0 Å². The van der Waals surface area contributed by atoms with Crippen molar-refractivity contribution in [1.29, 1.82) is 0 Å². The fourth-order valence-corrected chi connectivity index (χ4v) is 3.57. The molecule has 0 N–H and O–H groups in total. The third kappa shape index (κ3) is 6.13. The molecule has 2 fully saturated rings. The largest absolute Gasteiger partial charge is 0.466 e. The zero-order chi connectivity index (χ0) is 16.5. The average molecular weight is 325 g/mol. The normalized spacial score (nSPS) is 21.1. The molecule has 2 rings (SSSR count). The van der Waals surface area contributed by atoms with Crippen LogP contribution in [0.25, 0.3) is 0 Å². The number of carbonyl (C=O) groups excluding carboxylic acids is 2. The lowest BCUT2D eigenvalue weighted by Crippen LogP contribution is -2.37. The smallest absolute Gasteiger partial charge is 0.309 e. The molecule has 1 saturated carbocycles. The van der Waals surface area contributed by atoms with Crippen molar-refractivity contribution < 1.29 is 19.1 Å². The molecule has 0 aromatic heterocycles. The third-order valence-corrected chi connectivity index (χ3v) is 5.01. The molecule has 23 heavy (non-hydrogen) atoms. The maximum absolute atomic E-state index is 11.9. The predicted octanol–water partition coefficient (Wildman–Crippen LogP) is 2.78. The van der Waals surface area contributed by atoms with E-state index in [1.165, 1.54) is 6.42 Å². The maximum Gasteiger partial charge on any atom is 0.309 e. The number of rotatable bonds is 7. The van der Waals surface area contributed by atoms with Gasteiger partial charge in [-0.2, -0.15) is 0 Å². The maximum atomic E-state index is 11.9. The van der Waals surface area contributed by atoms with E-state index in [2.05, 4.69) is 4.90 Å². The van der Waals surface area contributed by atoms with Gasteiger partial charge in [-0.05, 0) is 52.1 Å². The van der Waals surface area contributed by atoms with Gasteiger partial charge in [0.2, 0.25) is 0 Å². The number of ether oxygens (including phenoxy) is 2. The quantitative estimate of drug-likeness (QED) is 0.532. The Morgan fingerprint density at radius 1 is 0.913 bits per heavy atom. The molecule has 132 valence electrons. The fraction of sp³-hybridized carbons (Fsp3) is 0.889.